The van der Waals surface area contributed by atoms with Gasteiger partial charge in [-0.15, -0.1) is 0 Å². The summed E-state index contributed by atoms with van der Waals surface area (Å²) < 4.78 is 35.3. The van der Waals surface area contributed by atoms with Gasteiger partial charge in [-0.3, -0.25) is 4.79 Å². The Morgan fingerprint density at radius 2 is 1.85 bits per heavy atom. The van der Waals surface area contributed by atoms with Crippen LogP contribution >= 0.6 is 15.9 Å². The molecule has 3 aromatic carbocycles. The van der Waals surface area contributed by atoms with E-state index in [9.17, 15) is 13.2 Å². The fourth-order valence-corrected chi connectivity index (χ4v) is 6.37. The van der Waals surface area contributed by atoms with E-state index in [1.165, 1.54) is 11.4 Å². The molecule has 8 heteroatoms. The number of nitrogens with zero attached hydrogens (tertiary/aromatic N) is 2. The van der Waals surface area contributed by atoms with E-state index in [2.05, 4.69) is 15.9 Å². The first-order chi connectivity index (χ1) is 16.2. The summed E-state index contributed by atoms with van der Waals surface area (Å²) in [6, 6.07) is 20.1. The summed E-state index contributed by atoms with van der Waals surface area (Å²) in [5.74, 6) is -0.0134. The molecule has 1 aliphatic rings. The Labute approximate surface area is 209 Å². The van der Waals surface area contributed by atoms with Crippen LogP contribution < -0.4 is 9.64 Å². The number of rotatable bonds is 7. The van der Waals surface area contributed by atoms with Gasteiger partial charge in [0, 0.05) is 22.7 Å². The van der Waals surface area contributed by atoms with E-state index in [-0.39, 0.29) is 35.7 Å². The molecule has 0 bridgehead atoms. The number of methoxy groups -OCH3 is 1. The second-order valence-electron chi connectivity index (χ2n) is 8.50. The molecule has 0 saturated carbocycles. The van der Waals surface area contributed by atoms with Gasteiger partial charge in [0.15, 0.2) is 0 Å². The van der Waals surface area contributed by atoms with Crippen LogP contribution in [-0.2, 0) is 27.8 Å². The van der Waals surface area contributed by atoms with Crippen LogP contribution in [0, 0.1) is 6.92 Å². The minimum Gasteiger partial charge on any atom is -0.495 e. The van der Waals surface area contributed by atoms with E-state index >= 15 is 0 Å². The van der Waals surface area contributed by atoms with Crippen LogP contribution in [0.5, 0.6) is 5.75 Å². The van der Waals surface area contributed by atoms with Crippen LogP contribution in [-0.4, -0.2) is 38.3 Å². The van der Waals surface area contributed by atoms with Crippen LogP contribution in [0.2, 0.25) is 0 Å². The third-order valence-corrected chi connectivity index (χ3v) is 8.28. The molecule has 0 aliphatic carbocycles. The van der Waals surface area contributed by atoms with Crippen molar-refractivity contribution in [3.8, 4) is 5.75 Å². The predicted octanol–water partition coefficient (Wildman–Crippen LogP) is 4.93. The average molecular weight is 543 g/mol. The van der Waals surface area contributed by atoms with Crippen molar-refractivity contribution in [2.75, 3.05) is 18.6 Å². The first-order valence-corrected chi connectivity index (χ1v) is 13.2. The lowest BCUT2D eigenvalue weighted by Gasteiger charge is -2.28. The normalized spacial score (nSPS) is 15.4. The third-order valence-electron chi connectivity index (χ3n) is 5.98. The van der Waals surface area contributed by atoms with Gasteiger partial charge in [0.05, 0.1) is 13.7 Å². The highest BCUT2D eigenvalue weighted by Crippen LogP contribution is 2.35. The zero-order valence-corrected chi connectivity index (χ0v) is 21.8. The van der Waals surface area contributed by atoms with Crippen LogP contribution in [0.25, 0.3) is 0 Å². The number of ether oxygens (including phenoxy) is 1. The first-order valence-electron chi connectivity index (χ1n) is 11.0. The van der Waals surface area contributed by atoms with E-state index < -0.39 is 10.0 Å². The quantitative estimate of drug-likeness (QED) is 0.424. The fourth-order valence-electron chi connectivity index (χ4n) is 4.34. The van der Waals surface area contributed by atoms with Crippen molar-refractivity contribution in [2.45, 2.75) is 37.8 Å². The lowest BCUT2D eigenvalue weighted by Crippen LogP contribution is -2.44. The Balaban J connectivity index is 1.72. The Morgan fingerprint density at radius 1 is 1.12 bits per heavy atom. The second-order valence-corrected chi connectivity index (χ2v) is 11.3. The summed E-state index contributed by atoms with van der Waals surface area (Å²) in [5, 5.41) is 0. The highest BCUT2D eigenvalue weighted by Gasteiger charge is 2.35. The van der Waals surface area contributed by atoms with Gasteiger partial charge in [0.25, 0.3) is 0 Å². The molecule has 3 aromatic rings. The molecule has 6 nitrogen and oxygen atoms in total. The van der Waals surface area contributed by atoms with E-state index in [1.54, 1.807) is 23.1 Å². The van der Waals surface area contributed by atoms with Crippen molar-refractivity contribution in [1.29, 1.82) is 0 Å². The van der Waals surface area contributed by atoms with Crippen molar-refractivity contribution < 1.29 is 17.9 Å². The monoisotopic (exact) mass is 542 g/mol. The molecule has 1 heterocycles. The van der Waals surface area contributed by atoms with Crippen LogP contribution in [0.1, 0.15) is 23.6 Å². The first kappa shape index (κ1) is 24.4. The minimum atomic E-state index is -4.04. The molecule has 1 aliphatic heterocycles. The SMILES string of the molecule is COc1ccc(C)cc1S(=O)(=O)N(CC(=O)N1c2ccc(Br)cc2CC1C)Cc1ccccc1. The Kier molecular flexibility index (Phi) is 7.12. The molecule has 0 fully saturated rings. The number of aryl methyl sites for hydroxylation is 1. The summed E-state index contributed by atoms with van der Waals surface area (Å²) >= 11 is 3.49. The zero-order valence-electron chi connectivity index (χ0n) is 19.4. The molecule has 0 aromatic heterocycles. The van der Waals surface area contributed by atoms with Crippen LogP contribution in [0.3, 0.4) is 0 Å². The van der Waals surface area contributed by atoms with Gasteiger partial charge in [-0.1, -0.05) is 52.3 Å². The Bertz CT molecular complexity index is 1310. The number of anilines is 1. The molecule has 0 spiro atoms. The fraction of sp³-hybridized carbons (Fsp3) is 0.269. The maximum Gasteiger partial charge on any atom is 0.247 e. The molecular formula is C26H27BrN2O4S. The lowest BCUT2D eigenvalue weighted by atomic mass is 10.1. The van der Waals surface area contributed by atoms with E-state index in [0.717, 1.165) is 33.3 Å². The molecule has 178 valence electrons. The Morgan fingerprint density at radius 3 is 2.56 bits per heavy atom. The van der Waals surface area contributed by atoms with Gasteiger partial charge in [-0.2, -0.15) is 4.31 Å². The second kappa shape index (κ2) is 9.90. The highest BCUT2D eigenvalue weighted by molar-refractivity contribution is 9.10. The van der Waals surface area contributed by atoms with Crippen LogP contribution in [0.15, 0.2) is 76.1 Å². The smallest absolute Gasteiger partial charge is 0.247 e. The van der Waals surface area contributed by atoms with E-state index in [4.69, 9.17) is 4.74 Å². The highest BCUT2D eigenvalue weighted by atomic mass is 79.9. The maximum atomic E-state index is 13.9. The number of halogens is 1. The number of sulfonamides is 1. The van der Waals surface area contributed by atoms with Crippen molar-refractivity contribution in [3.63, 3.8) is 0 Å². The predicted molar refractivity (Wildman–Crippen MR) is 137 cm³/mol. The molecule has 0 N–H and O–H groups in total. The number of carbonyl (C=O) groups is 1. The summed E-state index contributed by atoms with van der Waals surface area (Å²) in [4.78, 5) is 15.3. The minimum absolute atomic E-state index is 0.0533. The molecule has 0 saturated heterocycles. The average Bonchev–Trinajstić information content (AvgIpc) is 3.14. The molecule has 0 radical (unpaired) electrons. The molecule has 1 amide bonds. The number of hydrogen-bond donors (Lipinski definition) is 0. The molecule has 1 unspecified atom stereocenters. The van der Waals surface area contributed by atoms with Crippen LogP contribution in [0.4, 0.5) is 5.69 Å². The van der Waals surface area contributed by atoms with Crippen molar-refractivity contribution in [1.82, 2.24) is 4.31 Å². The van der Waals surface area contributed by atoms with Gasteiger partial charge in [-0.05, 0) is 67.3 Å². The zero-order chi connectivity index (χ0) is 24.5. The number of benzene rings is 3. The molecule has 34 heavy (non-hydrogen) atoms. The maximum absolute atomic E-state index is 13.9. The van der Waals surface area contributed by atoms with Gasteiger partial charge >= 0.3 is 0 Å². The number of fused-ring (bicyclic) bond motifs is 1. The van der Waals surface area contributed by atoms with E-state index in [1.807, 2.05) is 62.4 Å². The lowest BCUT2D eigenvalue weighted by molar-refractivity contribution is -0.119. The summed E-state index contributed by atoms with van der Waals surface area (Å²) in [5.41, 5.74) is 3.47. The van der Waals surface area contributed by atoms with Crippen molar-refractivity contribution in [3.05, 3.63) is 87.9 Å². The number of amides is 1. The van der Waals surface area contributed by atoms with Gasteiger partial charge in [-0.25, -0.2) is 8.42 Å². The van der Waals surface area contributed by atoms with Crippen molar-refractivity contribution in [2.24, 2.45) is 0 Å². The molecule has 1 atom stereocenters. The molecular weight excluding hydrogens is 516 g/mol. The van der Waals surface area contributed by atoms with E-state index in [0.29, 0.717) is 0 Å². The van der Waals surface area contributed by atoms with Gasteiger partial charge < -0.3 is 9.64 Å². The number of carbonyl (C=O) groups excluding carboxylic acids is 1. The van der Waals surface area contributed by atoms with Gasteiger partial charge in [0.1, 0.15) is 10.6 Å². The van der Waals surface area contributed by atoms with Crippen molar-refractivity contribution >= 4 is 37.5 Å². The summed E-state index contributed by atoms with van der Waals surface area (Å²) in [6.45, 7) is 3.59. The third kappa shape index (κ3) is 4.89. The standard InChI is InChI=1S/C26H27BrN2O4S/c1-18-9-12-24(33-3)25(13-18)34(31,32)28(16-20-7-5-4-6-8-20)17-26(30)29-19(2)14-21-15-22(27)10-11-23(21)29/h4-13,15,19H,14,16-17H2,1-3H3. The number of hydrogen-bond acceptors (Lipinski definition) is 4. The largest absolute Gasteiger partial charge is 0.495 e. The summed E-state index contributed by atoms with van der Waals surface area (Å²) in [6.07, 6.45) is 0.720. The summed E-state index contributed by atoms with van der Waals surface area (Å²) in [7, 11) is -2.60. The topological polar surface area (TPSA) is 66.9 Å². The Hall–Kier alpha value is -2.68. The van der Waals surface area contributed by atoms with Gasteiger partial charge in [0.2, 0.25) is 15.9 Å². The molecule has 4 rings (SSSR count).